The van der Waals surface area contributed by atoms with Crippen LogP contribution in [0.15, 0.2) is 0 Å². The second-order valence-electron chi connectivity index (χ2n) is 4.32. The van der Waals surface area contributed by atoms with Gasteiger partial charge in [0, 0.05) is 23.0 Å². The van der Waals surface area contributed by atoms with Gasteiger partial charge in [0.15, 0.2) is 0 Å². The maximum atomic E-state index is 12.5. The van der Waals surface area contributed by atoms with Gasteiger partial charge in [0.1, 0.15) is 0 Å². The zero-order valence-corrected chi connectivity index (χ0v) is 9.04. The summed E-state index contributed by atoms with van der Waals surface area (Å²) in [5.74, 6) is -3.16. The molecular weight excluding hydrogens is 234 g/mol. The minimum atomic E-state index is -3.57. The summed E-state index contributed by atoms with van der Waals surface area (Å²) >= 11 is 0. The van der Waals surface area contributed by atoms with Crippen molar-refractivity contribution in [1.29, 1.82) is 0 Å². The van der Waals surface area contributed by atoms with Crippen molar-refractivity contribution in [2.75, 3.05) is 0 Å². The van der Waals surface area contributed by atoms with E-state index < -0.39 is 25.6 Å². The summed E-state index contributed by atoms with van der Waals surface area (Å²) in [6.07, 6.45) is 1.53. The summed E-state index contributed by atoms with van der Waals surface area (Å²) < 4.78 is 46.3. The smallest absolute Gasteiger partial charge is 0.212 e. The Morgan fingerprint density at radius 1 is 1.36 bits per heavy atom. The standard InChI is InChI=1S/C8H11ClF2O2S/c9-14(12,13)7(3-4-7)2-1-6-5-8(6,10)11/h6H,1-5H2. The van der Waals surface area contributed by atoms with E-state index in [1.165, 1.54) is 0 Å². The van der Waals surface area contributed by atoms with Crippen LogP contribution < -0.4 is 0 Å². The van der Waals surface area contributed by atoms with Crippen LogP contribution in [-0.2, 0) is 9.05 Å². The fraction of sp³-hybridized carbons (Fsp3) is 1.00. The van der Waals surface area contributed by atoms with Crippen molar-refractivity contribution >= 4 is 19.7 Å². The summed E-state index contributed by atoms with van der Waals surface area (Å²) in [4.78, 5) is 0. The highest BCUT2D eigenvalue weighted by atomic mass is 35.7. The van der Waals surface area contributed by atoms with Crippen molar-refractivity contribution in [2.45, 2.75) is 42.8 Å². The summed E-state index contributed by atoms with van der Waals surface area (Å²) in [7, 11) is 1.68. The molecule has 2 aliphatic carbocycles. The van der Waals surface area contributed by atoms with Crippen LogP contribution in [0.1, 0.15) is 32.1 Å². The van der Waals surface area contributed by atoms with Crippen molar-refractivity contribution in [3.8, 4) is 0 Å². The normalized spacial score (nSPS) is 32.6. The minimum absolute atomic E-state index is 0.0919. The van der Waals surface area contributed by atoms with Crippen LogP contribution in [0, 0.1) is 5.92 Å². The lowest BCUT2D eigenvalue weighted by Crippen LogP contribution is -2.18. The molecule has 0 saturated heterocycles. The third-order valence-corrected chi connectivity index (χ3v) is 5.86. The first-order valence-corrected chi connectivity index (χ1v) is 6.90. The zero-order valence-electron chi connectivity index (χ0n) is 7.47. The molecule has 0 aromatic carbocycles. The van der Waals surface area contributed by atoms with Crippen molar-refractivity contribution in [3.05, 3.63) is 0 Å². The van der Waals surface area contributed by atoms with Gasteiger partial charge in [0.2, 0.25) is 9.05 Å². The Hall–Kier alpha value is 0.1000. The first-order chi connectivity index (χ1) is 6.27. The van der Waals surface area contributed by atoms with Crippen molar-refractivity contribution in [2.24, 2.45) is 5.92 Å². The Morgan fingerprint density at radius 3 is 2.14 bits per heavy atom. The van der Waals surface area contributed by atoms with Crippen LogP contribution in [0.5, 0.6) is 0 Å². The molecule has 6 heteroatoms. The average molecular weight is 245 g/mol. The maximum absolute atomic E-state index is 12.5. The largest absolute Gasteiger partial charge is 0.251 e. The molecule has 14 heavy (non-hydrogen) atoms. The monoisotopic (exact) mass is 244 g/mol. The molecule has 2 rings (SSSR count). The van der Waals surface area contributed by atoms with Gasteiger partial charge in [0.05, 0.1) is 4.75 Å². The highest BCUT2D eigenvalue weighted by Crippen LogP contribution is 2.56. The quantitative estimate of drug-likeness (QED) is 0.712. The molecule has 0 aromatic rings. The van der Waals surface area contributed by atoms with Crippen molar-refractivity contribution < 1.29 is 17.2 Å². The van der Waals surface area contributed by atoms with Gasteiger partial charge in [-0.15, -0.1) is 0 Å². The first-order valence-electron chi connectivity index (χ1n) is 4.59. The molecule has 0 spiro atoms. The van der Waals surface area contributed by atoms with Crippen LogP contribution in [0.2, 0.25) is 0 Å². The SMILES string of the molecule is O=S(=O)(Cl)C1(CCC2CC2(F)F)CC1. The number of alkyl halides is 2. The molecule has 0 radical (unpaired) electrons. The molecule has 2 nitrogen and oxygen atoms in total. The summed E-state index contributed by atoms with van der Waals surface area (Å²) in [6.45, 7) is 0. The molecule has 0 aliphatic heterocycles. The number of hydrogen-bond acceptors (Lipinski definition) is 2. The molecule has 0 amide bonds. The van der Waals surface area contributed by atoms with Gasteiger partial charge in [-0.1, -0.05) is 0 Å². The van der Waals surface area contributed by atoms with Crippen molar-refractivity contribution in [3.63, 3.8) is 0 Å². The Kier molecular flexibility index (Phi) is 2.13. The molecule has 1 atom stereocenters. The van der Waals surface area contributed by atoms with E-state index in [1.54, 1.807) is 0 Å². The molecule has 2 aliphatic rings. The molecular formula is C8H11ClF2O2S. The van der Waals surface area contributed by atoms with E-state index in [1.807, 2.05) is 0 Å². The van der Waals surface area contributed by atoms with Gasteiger partial charge >= 0.3 is 0 Å². The Morgan fingerprint density at radius 2 is 1.86 bits per heavy atom. The predicted octanol–water partition coefficient (Wildman–Crippen LogP) is 2.52. The van der Waals surface area contributed by atoms with Crippen LogP contribution in [0.25, 0.3) is 0 Å². The van der Waals surface area contributed by atoms with Gasteiger partial charge in [-0.2, -0.15) is 0 Å². The topological polar surface area (TPSA) is 34.1 Å². The molecule has 1 unspecified atom stereocenters. The van der Waals surface area contributed by atoms with Crippen LogP contribution in [0.4, 0.5) is 8.78 Å². The second-order valence-corrected chi connectivity index (χ2v) is 7.28. The summed E-state index contributed by atoms with van der Waals surface area (Å²) in [5.41, 5.74) is 0. The number of halogens is 3. The summed E-state index contributed by atoms with van der Waals surface area (Å²) in [5, 5.41) is 0. The molecule has 0 aromatic heterocycles. The van der Waals surface area contributed by atoms with Crippen LogP contribution >= 0.6 is 10.7 Å². The van der Waals surface area contributed by atoms with E-state index in [9.17, 15) is 17.2 Å². The predicted molar refractivity (Wildman–Crippen MR) is 49.0 cm³/mol. The Labute approximate surface area is 86.0 Å². The fourth-order valence-corrected chi connectivity index (χ4v) is 3.42. The van der Waals surface area contributed by atoms with E-state index in [0.717, 1.165) is 0 Å². The third-order valence-electron chi connectivity index (χ3n) is 3.23. The molecule has 2 saturated carbocycles. The van der Waals surface area contributed by atoms with E-state index in [4.69, 9.17) is 10.7 Å². The van der Waals surface area contributed by atoms with E-state index in [-0.39, 0.29) is 12.8 Å². The number of hydrogen-bond donors (Lipinski definition) is 0. The van der Waals surface area contributed by atoms with Gasteiger partial charge in [0.25, 0.3) is 5.92 Å². The second kappa shape index (κ2) is 2.82. The Balaban J connectivity index is 1.88. The van der Waals surface area contributed by atoms with Crippen LogP contribution in [0.3, 0.4) is 0 Å². The highest BCUT2D eigenvalue weighted by molar-refractivity contribution is 8.15. The zero-order chi connectivity index (χ0) is 10.6. The van der Waals surface area contributed by atoms with Gasteiger partial charge in [-0.3, -0.25) is 0 Å². The minimum Gasteiger partial charge on any atom is -0.212 e. The lowest BCUT2D eigenvalue weighted by molar-refractivity contribution is 0.0964. The molecule has 82 valence electrons. The lowest BCUT2D eigenvalue weighted by Gasteiger charge is -2.09. The van der Waals surface area contributed by atoms with Crippen molar-refractivity contribution in [1.82, 2.24) is 0 Å². The molecule has 0 bridgehead atoms. The number of rotatable bonds is 4. The highest BCUT2D eigenvalue weighted by Gasteiger charge is 2.59. The Bertz CT molecular complexity index is 348. The van der Waals surface area contributed by atoms with Gasteiger partial charge in [-0.05, 0) is 25.7 Å². The lowest BCUT2D eigenvalue weighted by atomic mass is 10.1. The van der Waals surface area contributed by atoms with Gasteiger partial charge < -0.3 is 0 Å². The molecule has 2 fully saturated rings. The van der Waals surface area contributed by atoms with Crippen LogP contribution in [-0.4, -0.2) is 19.1 Å². The first kappa shape index (κ1) is 10.6. The molecule has 0 heterocycles. The fourth-order valence-electron chi connectivity index (χ4n) is 1.78. The van der Waals surface area contributed by atoms with Gasteiger partial charge in [-0.25, -0.2) is 17.2 Å². The average Bonchev–Trinajstić information content (AvgIpc) is 2.82. The van der Waals surface area contributed by atoms with E-state index in [2.05, 4.69) is 0 Å². The molecule has 0 N–H and O–H groups in total. The van der Waals surface area contributed by atoms with E-state index in [0.29, 0.717) is 19.3 Å². The van der Waals surface area contributed by atoms with E-state index >= 15 is 0 Å². The maximum Gasteiger partial charge on any atom is 0.251 e. The summed E-state index contributed by atoms with van der Waals surface area (Å²) in [6, 6.07) is 0. The third kappa shape index (κ3) is 1.76.